The van der Waals surface area contributed by atoms with Crippen molar-refractivity contribution in [2.45, 2.75) is 66.0 Å². The van der Waals surface area contributed by atoms with Gasteiger partial charge in [0.1, 0.15) is 29.1 Å². The zero-order chi connectivity index (χ0) is 22.7. The largest absolute Gasteiger partial charge is 0.507 e. The average molecular weight is 426 g/mol. The van der Waals surface area contributed by atoms with Gasteiger partial charge in [-0.2, -0.15) is 0 Å². The minimum Gasteiger partial charge on any atom is -0.507 e. The van der Waals surface area contributed by atoms with E-state index in [-0.39, 0.29) is 17.4 Å². The molecule has 0 radical (unpaired) electrons. The van der Waals surface area contributed by atoms with Crippen LogP contribution in [0.25, 0.3) is 5.76 Å². The summed E-state index contributed by atoms with van der Waals surface area (Å²) < 4.78 is 11.6. The number of ketones is 1. The van der Waals surface area contributed by atoms with Gasteiger partial charge in [0.2, 0.25) is 0 Å². The van der Waals surface area contributed by atoms with E-state index < -0.39 is 17.7 Å². The van der Waals surface area contributed by atoms with E-state index in [4.69, 9.17) is 9.15 Å². The Labute approximate surface area is 183 Å². The number of furan rings is 1. The number of aliphatic hydroxyl groups excluding tert-OH is 1. The lowest BCUT2D eigenvalue weighted by molar-refractivity contribution is -0.140. The first-order valence-corrected chi connectivity index (χ1v) is 10.9. The Balaban J connectivity index is 2.07. The van der Waals surface area contributed by atoms with E-state index in [1.807, 2.05) is 27.7 Å². The summed E-state index contributed by atoms with van der Waals surface area (Å²) in [6, 6.07) is 8.06. The first kappa shape index (κ1) is 22.7. The molecule has 1 aromatic carbocycles. The van der Waals surface area contributed by atoms with Crippen molar-refractivity contribution in [3.8, 4) is 5.75 Å². The number of ether oxygens (including phenoxy) is 1. The Morgan fingerprint density at radius 3 is 2.48 bits per heavy atom. The molecular weight excluding hydrogens is 394 g/mol. The predicted molar refractivity (Wildman–Crippen MR) is 119 cm³/mol. The maximum atomic E-state index is 13.0. The molecule has 0 spiro atoms. The van der Waals surface area contributed by atoms with Crippen LogP contribution in [0.3, 0.4) is 0 Å². The number of carbonyl (C=O) groups is 2. The van der Waals surface area contributed by atoms with Crippen LogP contribution in [0, 0.1) is 13.8 Å². The maximum Gasteiger partial charge on any atom is 0.295 e. The van der Waals surface area contributed by atoms with Gasteiger partial charge in [0.25, 0.3) is 11.7 Å². The van der Waals surface area contributed by atoms with Gasteiger partial charge in [-0.3, -0.25) is 9.59 Å². The van der Waals surface area contributed by atoms with Crippen molar-refractivity contribution in [2.75, 3.05) is 6.54 Å². The lowest BCUT2D eigenvalue weighted by atomic mass is 9.98. The summed E-state index contributed by atoms with van der Waals surface area (Å²) >= 11 is 0. The fourth-order valence-corrected chi connectivity index (χ4v) is 3.88. The third-order valence-corrected chi connectivity index (χ3v) is 5.38. The molecule has 1 saturated heterocycles. The van der Waals surface area contributed by atoms with Gasteiger partial charge in [0.15, 0.2) is 0 Å². The van der Waals surface area contributed by atoms with Crippen molar-refractivity contribution in [1.29, 1.82) is 0 Å². The van der Waals surface area contributed by atoms with E-state index >= 15 is 0 Å². The lowest BCUT2D eigenvalue weighted by Gasteiger charge is -2.23. The Bertz CT molecular complexity index is 1000. The van der Waals surface area contributed by atoms with Crippen molar-refractivity contribution in [2.24, 2.45) is 0 Å². The van der Waals surface area contributed by atoms with E-state index in [0.717, 1.165) is 24.8 Å². The molecule has 1 unspecified atom stereocenters. The summed E-state index contributed by atoms with van der Waals surface area (Å²) in [4.78, 5) is 27.3. The van der Waals surface area contributed by atoms with Crippen molar-refractivity contribution in [3.05, 3.63) is 58.6 Å². The first-order chi connectivity index (χ1) is 14.7. The molecule has 1 aliphatic heterocycles. The molecule has 1 fully saturated rings. The van der Waals surface area contributed by atoms with E-state index in [0.29, 0.717) is 29.4 Å². The Hall–Kier alpha value is -3.02. The molecule has 6 heteroatoms. The topological polar surface area (TPSA) is 80.0 Å². The van der Waals surface area contributed by atoms with Crippen molar-refractivity contribution in [3.63, 3.8) is 0 Å². The number of rotatable bonds is 8. The lowest BCUT2D eigenvalue weighted by Crippen LogP contribution is -2.30. The predicted octanol–water partition coefficient (Wildman–Crippen LogP) is 5.30. The summed E-state index contributed by atoms with van der Waals surface area (Å²) in [5.74, 6) is 0.382. The fraction of sp³-hybridized carbons (Fsp3) is 0.440. The molecule has 1 atom stereocenters. The van der Waals surface area contributed by atoms with Crippen LogP contribution in [0.2, 0.25) is 0 Å². The van der Waals surface area contributed by atoms with Gasteiger partial charge in [0, 0.05) is 12.1 Å². The molecule has 0 saturated carbocycles. The molecule has 3 rings (SSSR count). The third kappa shape index (κ3) is 4.68. The van der Waals surface area contributed by atoms with Gasteiger partial charge in [-0.25, -0.2) is 0 Å². The minimum absolute atomic E-state index is 0.0220. The molecule has 166 valence electrons. The summed E-state index contributed by atoms with van der Waals surface area (Å²) in [6.45, 7) is 10.1. The first-order valence-electron chi connectivity index (χ1n) is 10.9. The Morgan fingerprint density at radius 1 is 1.16 bits per heavy atom. The molecule has 0 aliphatic carbocycles. The zero-order valence-corrected chi connectivity index (χ0v) is 18.9. The van der Waals surface area contributed by atoms with Crippen LogP contribution < -0.4 is 4.74 Å². The SMILES string of the molecule is CCCCCN1C(=O)C(=O)/C(=C(\O)c2ccc(OC(C)C)c(C)c2)C1c1ccc(C)o1. The highest BCUT2D eigenvalue weighted by Gasteiger charge is 2.47. The van der Waals surface area contributed by atoms with Crippen LogP contribution in [0.4, 0.5) is 0 Å². The highest BCUT2D eigenvalue weighted by molar-refractivity contribution is 6.46. The van der Waals surface area contributed by atoms with E-state index in [1.165, 1.54) is 4.90 Å². The van der Waals surface area contributed by atoms with Crippen LogP contribution in [0.15, 0.2) is 40.3 Å². The molecule has 2 aromatic rings. The number of hydrogen-bond acceptors (Lipinski definition) is 5. The van der Waals surface area contributed by atoms with E-state index in [2.05, 4.69) is 6.92 Å². The van der Waals surface area contributed by atoms with Crippen LogP contribution in [-0.2, 0) is 9.59 Å². The molecule has 1 amide bonds. The Morgan fingerprint density at radius 2 is 1.90 bits per heavy atom. The zero-order valence-electron chi connectivity index (χ0n) is 18.9. The molecule has 1 aliphatic rings. The number of Topliss-reactive ketones (excluding diaryl/α,β-unsaturated/α-hetero) is 1. The van der Waals surface area contributed by atoms with Gasteiger partial charge in [-0.15, -0.1) is 0 Å². The van der Waals surface area contributed by atoms with Crippen LogP contribution in [0.1, 0.15) is 68.7 Å². The normalized spacial score (nSPS) is 18.3. The number of hydrogen-bond donors (Lipinski definition) is 1. The van der Waals surface area contributed by atoms with Crippen LogP contribution in [0.5, 0.6) is 5.75 Å². The van der Waals surface area contributed by atoms with Gasteiger partial charge in [-0.1, -0.05) is 19.8 Å². The number of aryl methyl sites for hydroxylation is 2. The number of benzene rings is 1. The van der Waals surface area contributed by atoms with Gasteiger partial charge < -0.3 is 19.2 Å². The van der Waals surface area contributed by atoms with Gasteiger partial charge in [-0.05, 0) is 70.0 Å². The smallest absolute Gasteiger partial charge is 0.295 e. The second kappa shape index (κ2) is 9.41. The summed E-state index contributed by atoms with van der Waals surface area (Å²) in [7, 11) is 0. The molecule has 0 bridgehead atoms. The average Bonchev–Trinajstić information content (AvgIpc) is 3.25. The monoisotopic (exact) mass is 425 g/mol. The second-order valence-corrected chi connectivity index (χ2v) is 8.29. The summed E-state index contributed by atoms with van der Waals surface area (Å²) in [5, 5.41) is 11.1. The minimum atomic E-state index is -0.738. The number of aliphatic hydroxyl groups is 1. The maximum absolute atomic E-state index is 13.0. The number of amides is 1. The third-order valence-electron chi connectivity index (χ3n) is 5.38. The fourth-order valence-electron chi connectivity index (χ4n) is 3.88. The van der Waals surface area contributed by atoms with Gasteiger partial charge in [0.05, 0.1) is 11.7 Å². The molecule has 2 heterocycles. The summed E-state index contributed by atoms with van der Waals surface area (Å²) in [6.07, 6.45) is 2.75. The van der Waals surface area contributed by atoms with Crippen molar-refractivity contribution in [1.82, 2.24) is 4.90 Å². The Kier molecular flexibility index (Phi) is 6.88. The molecule has 1 aromatic heterocycles. The van der Waals surface area contributed by atoms with Gasteiger partial charge >= 0.3 is 0 Å². The molecular formula is C25H31NO5. The number of nitrogens with zero attached hydrogens (tertiary/aromatic N) is 1. The highest BCUT2D eigenvalue weighted by Crippen LogP contribution is 2.40. The standard InChI is InChI=1S/C25H31NO5/c1-6-7-8-13-26-22(20-11-9-17(5)31-20)21(24(28)25(26)29)23(27)18-10-12-19(16(4)14-18)30-15(2)3/h9-12,14-15,22,27H,6-8,13H2,1-5H3/b23-21-. The van der Waals surface area contributed by atoms with Crippen molar-refractivity contribution < 1.29 is 23.8 Å². The van der Waals surface area contributed by atoms with E-state index in [1.54, 1.807) is 30.3 Å². The van der Waals surface area contributed by atoms with Crippen LogP contribution >= 0.6 is 0 Å². The van der Waals surface area contributed by atoms with Crippen molar-refractivity contribution >= 4 is 17.4 Å². The van der Waals surface area contributed by atoms with Crippen LogP contribution in [-0.4, -0.2) is 34.3 Å². The van der Waals surface area contributed by atoms with E-state index in [9.17, 15) is 14.7 Å². The molecule has 31 heavy (non-hydrogen) atoms. The number of carbonyl (C=O) groups excluding carboxylic acids is 2. The quantitative estimate of drug-likeness (QED) is 0.269. The molecule has 6 nitrogen and oxygen atoms in total. The highest BCUT2D eigenvalue weighted by atomic mass is 16.5. The number of unbranched alkanes of at least 4 members (excludes halogenated alkanes) is 2. The number of likely N-dealkylation sites (tertiary alicyclic amines) is 1. The second-order valence-electron chi connectivity index (χ2n) is 8.29. The molecule has 1 N–H and O–H groups in total. The summed E-state index contributed by atoms with van der Waals surface area (Å²) in [5.41, 5.74) is 1.36.